The lowest BCUT2D eigenvalue weighted by Crippen LogP contribution is -2.27. The van der Waals surface area contributed by atoms with Crippen LogP contribution < -0.4 is 20.1 Å². The molecule has 4 rings (SSSR count). The molecule has 0 spiro atoms. The molecule has 0 saturated carbocycles. The topological polar surface area (TPSA) is 68.3 Å². The largest absolute Gasteiger partial charge is 0.497 e. The van der Waals surface area contributed by atoms with E-state index in [1.807, 2.05) is 36.4 Å². The van der Waals surface area contributed by atoms with E-state index in [0.29, 0.717) is 0 Å². The average Bonchev–Trinajstić information content (AvgIpc) is 2.80. The number of fused-ring (bicyclic) bond motifs is 2. The Labute approximate surface area is 176 Å². The molecule has 0 atom stereocenters. The smallest absolute Gasteiger partial charge is 0.119 e. The molecule has 0 aliphatic carbocycles. The van der Waals surface area contributed by atoms with Crippen LogP contribution in [-0.2, 0) is 13.1 Å². The zero-order chi connectivity index (χ0) is 20.8. The molecule has 2 aromatic carbocycles. The van der Waals surface area contributed by atoms with Crippen molar-refractivity contribution in [1.82, 2.24) is 20.6 Å². The second-order valence-electron chi connectivity index (χ2n) is 7.08. The maximum absolute atomic E-state index is 5.26. The summed E-state index contributed by atoms with van der Waals surface area (Å²) in [5, 5.41) is 9.04. The standard InChI is InChI=1S/C24H26N4O2/c1-29-21-7-9-23-17(13-21)3-5-19(27-23)15-25-11-12-26-16-20-6-4-18-14-22(30-2)8-10-24(18)28-20/h3-10,13-14,25-26H,11-12,15-16H2,1-2H3. The maximum Gasteiger partial charge on any atom is 0.119 e. The zero-order valence-electron chi connectivity index (χ0n) is 17.3. The molecule has 154 valence electrons. The second kappa shape index (κ2) is 9.52. The Hall–Kier alpha value is -3.22. The molecule has 0 fully saturated rings. The average molecular weight is 402 g/mol. The van der Waals surface area contributed by atoms with Gasteiger partial charge in [-0.25, -0.2) is 0 Å². The summed E-state index contributed by atoms with van der Waals surface area (Å²) < 4.78 is 10.5. The van der Waals surface area contributed by atoms with Crippen LogP contribution in [-0.4, -0.2) is 37.3 Å². The predicted octanol–water partition coefficient (Wildman–Crippen LogP) is 3.68. The first-order chi connectivity index (χ1) is 14.7. The van der Waals surface area contributed by atoms with Crippen molar-refractivity contribution in [2.75, 3.05) is 27.3 Å². The molecule has 0 amide bonds. The van der Waals surface area contributed by atoms with Crippen LogP contribution in [0.25, 0.3) is 21.8 Å². The van der Waals surface area contributed by atoms with E-state index in [9.17, 15) is 0 Å². The monoisotopic (exact) mass is 402 g/mol. The fourth-order valence-electron chi connectivity index (χ4n) is 3.35. The van der Waals surface area contributed by atoms with Gasteiger partial charge in [-0.2, -0.15) is 0 Å². The lowest BCUT2D eigenvalue weighted by Gasteiger charge is -2.08. The van der Waals surface area contributed by atoms with Crippen molar-refractivity contribution in [1.29, 1.82) is 0 Å². The highest BCUT2D eigenvalue weighted by atomic mass is 16.5. The van der Waals surface area contributed by atoms with E-state index in [1.54, 1.807) is 14.2 Å². The van der Waals surface area contributed by atoms with Gasteiger partial charge in [0.15, 0.2) is 0 Å². The minimum atomic E-state index is 0.736. The number of pyridine rings is 2. The Morgan fingerprint density at radius 2 is 1.10 bits per heavy atom. The lowest BCUT2D eigenvalue weighted by atomic mass is 10.2. The third-order valence-electron chi connectivity index (χ3n) is 5.00. The van der Waals surface area contributed by atoms with Gasteiger partial charge >= 0.3 is 0 Å². The van der Waals surface area contributed by atoms with Gasteiger partial charge in [-0.15, -0.1) is 0 Å². The van der Waals surface area contributed by atoms with Gasteiger partial charge in [0.05, 0.1) is 36.6 Å². The van der Waals surface area contributed by atoms with Crippen LogP contribution in [0.4, 0.5) is 0 Å². The van der Waals surface area contributed by atoms with E-state index in [1.165, 1.54) is 0 Å². The fraction of sp³-hybridized carbons (Fsp3) is 0.250. The highest BCUT2D eigenvalue weighted by Gasteiger charge is 2.02. The molecule has 30 heavy (non-hydrogen) atoms. The van der Waals surface area contributed by atoms with Gasteiger partial charge in [-0.1, -0.05) is 12.1 Å². The molecule has 2 aromatic heterocycles. The van der Waals surface area contributed by atoms with Gasteiger partial charge in [0, 0.05) is 37.0 Å². The van der Waals surface area contributed by atoms with Crippen LogP contribution in [0.1, 0.15) is 11.4 Å². The molecule has 2 heterocycles. The van der Waals surface area contributed by atoms with Gasteiger partial charge in [-0.05, 0) is 48.5 Å². The number of nitrogens with one attached hydrogen (secondary N) is 2. The first kappa shape index (κ1) is 20.1. The molecular weight excluding hydrogens is 376 g/mol. The third kappa shape index (κ3) is 4.84. The molecule has 0 aliphatic rings. The number of hydrogen-bond acceptors (Lipinski definition) is 6. The van der Waals surface area contributed by atoms with E-state index in [0.717, 1.165) is 70.9 Å². The number of methoxy groups -OCH3 is 2. The Bertz CT molecular complexity index is 1060. The molecule has 6 nitrogen and oxygen atoms in total. The van der Waals surface area contributed by atoms with E-state index < -0.39 is 0 Å². The summed E-state index contributed by atoms with van der Waals surface area (Å²) in [6.45, 7) is 3.18. The van der Waals surface area contributed by atoms with Crippen molar-refractivity contribution >= 4 is 21.8 Å². The summed E-state index contributed by atoms with van der Waals surface area (Å²) >= 11 is 0. The highest BCUT2D eigenvalue weighted by molar-refractivity contribution is 5.81. The SMILES string of the molecule is COc1ccc2nc(CNCCNCc3ccc4cc(OC)ccc4n3)ccc2c1. The summed E-state index contributed by atoms with van der Waals surface area (Å²) in [6, 6.07) is 20.1. The fourth-order valence-corrected chi connectivity index (χ4v) is 3.35. The van der Waals surface area contributed by atoms with Crippen LogP contribution in [0, 0.1) is 0 Å². The Kier molecular flexibility index (Phi) is 6.37. The Balaban J connectivity index is 1.22. The summed E-state index contributed by atoms with van der Waals surface area (Å²) in [4.78, 5) is 9.40. The first-order valence-corrected chi connectivity index (χ1v) is 10.0. The number of aromatic nitrogens is 2. The minimum absolute atomic E-state index is 0.736. The number of ether oxygens (including phenoxy) is 2. The van der Waals surface area contributed by atoms with Crippen LogP contribution in [0.2, 0.25) is 0 Å². The van der Waals surface area contributed by atoms with Crippen molar-refractivity contribution in [2.45, 2.75) is 13.1 Å². The molecule has 6 heteroatoms. The number of benzene rings is 2. The summed E-state index contributed by atoms with van der Waals surface area (Å²) in [6.07, 6.45) is 0. The maximum atomic E-state index is 5.26. The molecular formula is C24H26N4O2. The summed E-state index contributed by atoms with van der Waals surface area (Å²) in [7, 11) is 3.35. The van der Waals surface area contributed by atoms with Crippen molar-refractivity contribution in [2.24, 2.45) is 0 Å². The predicted molar refractivity (Wildman–Crippen MR) is 120 cm³/mol. The summed E-state index contributed by atoms with van der Waals surface area (Å²) in [5.74, 6) is 1.70. The van der Waals surface area contributed by atoms with E-state index in [2.05, 4.69) is 34.9 Å². The number of nitrogens with zero attached hydrogens (tertiary/aromatic N) is 2. The van der Waals surface area contributed by atoms with Gasteiger partial charge < -0.3 is 20.1 Å². The Morgan fingerprint density at radius 3 is 1.53 bits per heavy atom. The molecule has 0 bridgehead atoms. The number of rotatable bonds is 9. The molecule has 2 N–H and O–H groups in total. The van der Waals surface area contributed by atoms with Crippen molar-refractivity contribution in [3.63, 3.8) is 0 Å². The van der Waals surface area contributed by atoms with Crippen molar-refractivity contribution < 1.29 is 9.47 Å². The van der Waals surface area contributed by atoms with Gasteiger partial charge in [0.2, 0.25) is 0 Å². The lowest BCUT2D eigenvalue weighted by molar-refractivity contribution is 0.415. The Morgan fingerprint density at radius 1 is 0.633 bits per heavy atom. The second-order valence-corrected chi connectivity index (χ2v) is 7.08. The van der Waals surface area contributed by atoms with Crippen LogP contribution >= 0.6 is 0 Å². The minimum Gasteiger partial charge on any atom is -0.497 e. The first-order valence-electron chi connectivity index (χ1n) is 10.0. The third-order valence-corrected chi connectivity index (χ3v) is 5.00. The van der Waals surface area contributed by atoms with Gasteiger partial charge in [0.1, 0.15) is 11.5 Å². The van der Waals surface area contributed by atoms with Crippen molar-refractivity contribution in [3.05, 3.63) is 72.1 Å². The van der Waals surface area contributed by atoms with Crippen LogP contribution in [0.3, 0.4) is 0 Å². The van der Waals surface area contributed by atoms with Crippen molar-refractivity contribution in [3.8, 4) is 11.5 Å². The molecule has 0 saturated heterocycles. The van der Waals surface area contributed by atoms with Crippen LogP contribution in [0.15, 0.2) is 60.7 Å². The molecule has 0 aliphatic heterocycles. The summed E-state index contributed by atoms with van der Waals surface area (Å²) in [5.41, 5.74) is 4.01. The van der Waals surface area contributed by atoms with Gasteiger partial charge in [-0.3, -0.25) is 9.97 Å². The van der Waals surface area contributed by atoms with Gasteiger partial charge in [0.25, 0.3) is 0 Å². The van der Waals surface area contributed by atoms with E-state index >= 15 is 0 Å². The number of hydrogen-bond donors (Lipinski definition) is 2. The molecule has 0 unspecified atom stereocenters. The quantitative estimate of drug-likeness (QED) is 0.416. The highest BCUT2D eigenvalue weighted by Crippen LogP contribution is 2.20. The van der Waals surface area contributed by atoms with Crippen LogP contribution in [0.5, 0.6) is 11.5 Å². The van der Waals surface area contributed by atoms with E-state index in [4.69, 9.17) is 19.4 Å². The molecule has 0 radical (unpaired) electrons. The zero-order valence-corrected chi connectivity index (χ0v) is 17.3. The molecule has 4 aromatic rings. The van der Waals surface area contributed by atoms with E-state index in [-0.39, 0.29) is 0 Å². The normalized spacial score (nSPS) is 11.1.